The molecule has 112 valence electrons. The molecule has 2 atom stereocenters. The van der Waals surface area contributed by atoms with Crippen LogP contribution in [0.15, 0.2) is 18.3 Å². The molecule has 0 aromatic carbocycles. The highest BCUT2D eigenvalue weighted by atomic mass is 16.5. The van der Waals surface area contributed by atoms with Crippen LogP contribution in [0.4, 0.5) is 0 Å². The Kier molecular flexibility index (Phi) is 6.48. The van der Waals surface area contributed by atoms with Gasteiger partial charge in [0.15, 0.2) is 0 Å². The number of nitrogens with zero attached hydrogens (tertiary/aromatic N) is 1. The van der Waals surface area contributed by atoms with Crippen LogP contribution >= 0.6 is 0 Å². The van der Waals surface area contributed by atoms with Gasteiger partial charge in [0.2, 0.25) is 0 Å². The third kappa shape index (κ3) is 4.03. The quantitative estimate of drug-likeness (QED) is 0.740. The zero-order valence-electron chi connectivity index (χ0n) is 12.9. The van der Waals surface area contributed by atoms with E-state index >= 15 is 0 Å². The van der Waals surface area contributed by atoms with Gasteiger partial charge < -0.3 is 10.1 Å². The average molecular weight is 276 g/mol. The predicted octanol–water partition coefficient (Wildman–Crippen LogP) is 3.30. The first-order valence-electron chi connectivity index (χ1n) is 8.11. The Balaban J connectivity index is 2.07. The fraction of sp³-hybridized carbons (Fsp3) is 0.706. The largest absolute Gasteiger partial charge is 0.380 e. The summed E-state index contributed by atoms with van der Waals surface area (Å²) in [6.45, 7) is 7.08. The topological polar surface area (TPSA) is 34.1 Å². The summed E-state index contributed by atoms with van der Waals surface area (Å²) >= 11 is 0. The van der Waals surface area contributed by atoms with Crippen LogP contribution in [0.25, 0.3) is 0 Å². The zero-order chi connectivity index (χ0) is 14.2. The molecule has 1 aromatic heterocycles. The number of hydrogen-bond acceptors (Lipinski definition) is 3. The lowest BCUT2D eigenvalue weighted by atomic mass is 9.82. The van der Waals surface area contributed by atoms with Gasteiger partial charge in [-0.15, -0.1) is 0 Å². The molecule has 3 nitrogen and oxygen atoms in total. The molecule has 2 unspecified atom stereocenters. The Morgan fingerprint density at radius 3 is 3.10 bits per heavy atom. The first kappa shape index (κ1) is 15.5. The number of nitrogens with one attached hydrogen (secondary N) is 1. The Labute approximate surface area is 123 Å². The summed E-state index contributed by atoms with van der Waals surface area (Å²) in [7, 11) is 0. The lowest BCUT2D eigenvalue weighted by molar-refractivity contribution is 0.101. The molecule has 1 aromatic rings. The summed E-state index contributed by atoms with van der Waals surface area (Å²) in [5.41, 5.74) is 2.73. The second-order valence-corrected chi connectivity index (χ2v) is 5.68. The van der Waals surface area contributed by atoms with Crippen LogP contribution in [0.3, 0.4) is 0 Å². The Hall–Kier alpha value is -0.930. The van der Waals surface area contributed by atoms with Crippen molar-refractivity contribution in [1.29, 1.82) is 0 Å². The number of hydrogen-bond donors (Lipinski definition) is 1. The molecule has 1 heterocycles. The van der Waals surface area contributed by atoms with E-state index in [2.05, 4.69) is 36.3 Å². The molecule has 1 aliphatic rings. The third-order valence-electron chi connectivity index (χ3n) is 4.03. The van der Waals surface area contributed by atoms with Crippen molar-refractivity contribution in [1.82, 2.24) is 10.3 Å². The van der Waals surface area contributed by atoms with E-state index in [9.17, 15) is 0 Å². The second-order valence-electron chi connectivity index (χ2n) is 5.68. The third-order valence-corrected chi connectivity index (χ3v) is 4.03. The molecule has 0 aliphatic heterocycles. The molecule has 20 heavy (non-hydrogen) atoms. The summed E-state index contributed by atoms with van der Waals surface area (Å²) in [6, 6.07) is 4.69. The SMILES string of the molecule is CCCNC(COCCC)C1CCCc2cccnc21. The highest BCUT2D eigenvalue weighted by Gasteiger charge is 2.28. The van der Waals surface area contributed by atoms with Gasteiger partial charge in [0.25, 0.3) is 0 Å². The van der Waals surface area contributed by atoms with Gasteiger partial charge in [-0.25, -0.2) is 0 Å². The van der Waals surface area contributed by atoms with Crippen LogP contribution in [-0.2, 0) is 11.2 Å². The molecule has 0 bridgehead atoms. The van der Waals surface area contributed by atoms with Crippen LogP contribution in [0.5, 0.6) is 0 Å². The first-order chi connectivity index (χ1) is 9.86. The Morgan fingerprint density at radius 1 is 1.40 bits per heavy atom. The zero-order valence-corrected chi connectivity index (χ0v) is 12.9. The lowest BCUT2D eigenvalue weighted by Crippen LogP contribution is -2.41. The highest BCUT2D eigenvalue weighted by Crippen LogP contribution is 2.32. The normalized spacial score (nSPS) is 19.6. The second kappa shape index (κ2) is 8.38. The summed E-state index contributed by atoms with van der Waals surface area (Å²) in [4.78, 5) is 4.66. The number of fused-ring (bicyclic) bond motifs is 1. The minimum absolute atomic E-state index is 0.399. The summed E-state index contributed by atoms with van der Waals surface area (Å²) in [5, 5.41) is 3.67. The van der Waals surface area contributed by atoms with E-state index in [1.165, 1.54) is 30.5 Å². The molecule has 2 rings (SSSR count). The van der Waals surface area contributed by atoms with E-state index in [0.29, 0.717) is 12.0 Å². The molecule has 0 saturated heterocycles. The van der Waals surface area contributed by atoms with E-state index in [1.807, 2.05) is 6.20 Å². The fourth-order valence-electron chi connectivity index (χ4n) is 3.04. The molecule has 0 amide bonds. The number of aromatic nitrogens is 1. The molecule has 1 N–H and O–H groups in total. The van der Waals surface area contributed by atoms with Gasteiger partial charge >= 0.3 is 0 Å². The van der Waals surface area contributed by atoms with Crippen molar-refractivity contribution in [2.45, 2.75) is 57.9 Å². The molecular formula is C17H28N2O. The van der Waals surface area contributed by atoms with Crippen molar-refractivity contribution < 1.29 is 4.74 Å². The van der Waals surface area contributed by atoms with Gasteiger partial charge in [0, 0.05) is 30.5 Å². The van der Waals surface area contributed by atoms with Gasteiger partial charge in [-0.05, 0) is 50.3 Å². The van der Waals surface area contributed by atoms with Crippen molar-refractivity contribution >= 4 is 0 Å². The summed E-state index contributed by atoms with van der Waals surface area (Å²) < 4.78 is 5.82. The number of rotatable bonds is 8. The fourth-order valence-corrected chi connectivity index (χ4v) is 3.04. The van der Waals surface area contributed by atoms with Gasteiger partial charge in [-0.2, -0.15) is 0 Å². The maximum Gasteiger partial charge on any atom is 0.0626 e. The lowest BCUT2D eigenvalue weighted by Gasteiger charge is -2.32. The summed E-state index contributed by atoms with van der Waals surface area (Å²) in [5.74, 6) is 0.503. The van der Waals surface area contributed by atoms with Crippen LogP contribution in [0.2, 0.25) is 0 Å². The minimum Gasteiger partial charge on any atom is -0.380 e. The maximum absolute atomic E-state index is 5.82. The van der Waals surface area contributed by atoms with E-state index in [-0.39, 0.29) is 0 Å². The molecular weight excluding hydrogens is 248 g/mol. The van der Waals surface area contributed by atoms with Crippen molar-refractivity contribution in [2.75, 3.05) is 19.8 Å². The Morgan fingerprint density at radius 2 is 2.30 bits per heavy atom. The Bertz CT molecular complexity index is 394. The van der Waals surface area contributed by atoms with Crippen molar-refractivity contribution in [3.8, 4) is 0 Å². The standard InChI is InChI=1S/C17H28N2O/c1-3-10-18-16(13-20-12-4-2)15-9-5-7-14-8-6-11-19-17(14)15/h6,8,11,15-16,18H,3-5,7,9-10,12-13H2,1-2H3. The van der Waals surface area contributed by atoms with Crippen LogP contribution < -0.4 is 5.32 Å². The van der Waals surface area contributed by atoms with Crippen molar-refractivity contribution in [2.24, 2.45) is 0 Å². The first-order valence-corrected chi connectivity index (χ1v) is 8.11. The van der Waals surface area contributed by atoms with Crippen molar-refractivity contribution in [3.63, 3.8) is 0 Å². The monoisotopic (exact) mass is 276 g/mol. The molecule has 3 heteroatoms. The van der Waals surface area contributed by atoms with Crippen LogP contribution in [0, 0.1) is 0 Å². The van der Waals surface area contributed by atoms with Gasteiger partial charge in [0.05, 0.1) is 6.61 Å². The number of ether oxygens (including phenoxy) is 1. The number of aryl methyl sites for hydroxylation is 1. The van der Waals surface area contributed by atoms with Gasteiger partial charge in [0.1, 0.15) is 0 Å². The predicted molar refractivity (Wildman–Crippen MR) is 83.1 cm³/mol. The van der Waals surface area contributed by atoms with E-state index in [4.69, 9.17) is 4.74 Å². The highest BCUT2D eigenvalue weighted by molar-refractivity contribution is 5.27. The molecule has 0 radical (unpaired) electrons. The minimum atomic E-state index is 0.399. The number of pyridine rings is 1. The maximum atomic E-state index is 5.82. The van der Waals surface area contributed by atoms with Gasteiger partial charge in [-0.3, -0.25) is 4.98 Å². The van der Waals surface area contributed by atoms with Crippen LogP contribution in [-0.4, -0.2) is 30.8 Å². The van der Waals surface area contributed by atoms with Crippen LogP contribution in [0.1, 0.15) is 56.7 Å². The smallest absolute Gasteiger partial charge is 0.0626 e. The molecule has 0 saturated carbocycles. The van der Waals surface area contributed by atoms with E-state index in [0.717, 1.165) is 32.6 Å². The van der Waals surface area contributed by atoms with Crippen molar-refractivity contribution in [3.05, 3.63) is 29.6 Å². The average Bonchev–Trinajstić information content (AvgIpc) is 2.50. The van der Waals surface area contributed by atoms with E-state index < -0.39 is 0 Å². The molecule has 0 fully saturated rings. The molecule has 0 spiro atoms. The van der Waals surface area contributed by atoms with E-state index in [1.54, 1.807) is 0 Å². The summed E-state index contributed by atoms with van der Waals surface area (Å²) in [6.07, 6.45) is 7.84. The van der Waals surface area contributed by atoms with Gasteiger partial charge in [-0.1, -0.05) is 19.9 Å². The molecule has 1 aliphatic carbocycles.